The Hall–Kier alpha value is -2.97. The maximum absolute atomic E-state index is 11.3. The lowest BCUT2D eigenvalue weighted by Crippen LogP contribution is -2.12. The quantitative estimate of drug-likeness (QED) is 0.728. The minimum absolute atomic E-state index is 0.105. The topological polar surface area (TPSA) is 119 Å². The van der Waals surface area contributed by atoms with Gasteiger partial charge in [0.15, 0.2) is 5.69 Å². The molecule has 9 heteroatoms. The molecule has 0 spiro atoms. The first kappa shape index (κ1) is 14.4. The molecule has 2 rings (SSSR count). The maximum atomic E-state index is 11.3. The first-order valence-electron chi connectivity index (χ1n) is 6.02. The van der Waals surface area contributed by atoms with Crippen LogP contribution in [-0.4, -0.2) is 50.7 Å². The summed E-state index contributed by atoms with van der Waals surface area (Å²) in [5.41, 5.74) is 0.798. The predicted octanol–water partition coefficient (Wildman–Crippen LogP) is 0.270. The Morgan fingerprint density at radius 3 is 2.90 bits per heavy atom. The number of hydrogen-bond acceptors (Lipinski definition) is 7. The Labute approximate surface area is 119 Å². The van der Waals surface area contributed by atoms with Crippen molar-refractivity contribution in [2.45, 2.75) is 6.54 Å². The van der Waals surface area contributed by atoms with Crippen LogP contribution in [0.3, 0.4) is 0 Å². The summed E-state index contributed by atoms with van der Waals surface area (Å²) >= 11 is 0. The number of ether oxygens (including phenoxy) is 1. The van der Waals surface area contributed by atoms with Gasteiger partial charge in [0.2, 0.25) is 0 Å². The lowest BCUT2D eigenvalue weighted by molar-refractivity contribution is 0.0593. The van der Waals surface area contributed by atoms with Gasteiger partial charge < -0.3 is 15.2 Å². The van der Waals surface area contributed by atoms with E-state index in [4.69, 9.17) is 5.11 Å². The third-order valence-corrected chi connectivity index (χ3v) is 2.58. The number of rotatable bonds is 6. The summed E-state index contributed by atoms with van der Waals surface area (Å²) in [5.74, 6) is -1.63. The molecule has 0 radical (unpaired) electrons. The van der Waals surface area contributed by atoms with E-state index in [0.29, 0.717) is 18.8 Å². The lowest BCUT2D eigenvalue weighted by atomic mass is 10.3. The van der Waals surface area contributed by atoms with Gasteiger partial charge in [-0.3, -0.25) is 0 Å². The number of carboxylic acid groups (broad SMARTS) is 1. The van der Waals surface area contributed by atoms with Crippen molar-refractivity contribution in [1.29, 1.82) is 0 Å². The van der Waals surface area contributed by atoms with Gasteiger partial charge in [0, 0.05) is 18.4 Å². The van der Waals surface area contributed by atoms with Crippen molar-refractivity contribution in [3.05, 3.63) is 35.9 Å². The van der Waals surface area contributed by atoms with Gasteiger partial charge >= 0.3 is 11.9 Å². The molecule has 0 bridgehead atoms. The van der Waals surface area contributed by atoms with Crippen molar-refractivity contribution in [3.8, 4) is 0 Å². The highest BCUT2D eigenvalue weighted by Gasteiger charge is 2.09. The predicted molar refractivity (Wildman–Crippen MR) is 71.0 cm³/mol. The average molecular weight is 291 g/mol. The number of nitrogens with one attached hydrogen (secondary N) is 1. The molecular weight excluding hydrogens is 278 g/mol. The minimum Gasteiger partial charge on any atom is -0.476 e. The van der Waals surface area contributed by atoms with E-state index in [1.807, 2.05) is 0 Å². The molecule has 0 aromatic carbocycles. The molecule has 2 N–H and O–H groups in total. The molecule has 0 saturated carbocycles. The van der Waals surface area contributed by atoms with E-state index < -0.39 is 11.9 Å². The first-order chi connectivity index (χ1) is 10.1. The van der Waals surface area contributed by atoms with Crippen LogP contribution >= 0.6 is 0 Å². The van der Waals surface area contributed by atoms with Crippen LogP contribution in [0, 0.1) is 0 Å². The summed E-state index contributed by atoms with van der Waals surface area (Å²) in [5, 5.41) is 19.0. The van der Waals surface area contributed by atoms with Crippen LogP contribution < -0.4 is 5.32 Å². The molecule has 0 fully saturated rings. The molecule has 2 heterocycles. The number of carboxylic acids is 1. The van der Waals surface area contributed by atoms with Gasteiger partial charge in [-0.05, 0) is 12.1 Å². The van der Waals surface area contributed by atoms with Crippen molar-refractivity contribution in [3.63, 3.8) is 0 Å². The number of methoxy groups -OCH3 is 1. The van der Waals surface area contributed by atoms with Gasteiger partial charge in [0.25, 0.3) is 0 Å². The van der Waals surface area contributed by atoms with E-state index in [0.717, 1.165) is 0 Å². The number of aromatic nitrogens is 4. The zero-order valence-electron chi connectivity index (χ0n) is 11.2. The number of nitrogens with zero attached hydrogens (tertiary/aromatic N) is 4. The maximum Gasteiger partial charge on any atom is 0.358 e. The van der Waals surface area contributed by atoms with Gasteiger partial charge in [-0.2, -0.15) is 0 Å². The summed E-state index contributed by atoms with van der Waals surface area (Å²) in [6, 6.07) is 3.27. The molecule has 110 valence electrons. The molecule has 0 aliphatic heterocycles. The molecule has 0 amide bonds. The Morgan fingerprint density at radius 1 is 1.43 bits per heavy atom. The SMILES string of the molecule is COC(=O)c1cc(NCCn2cc(C(=O)O)nn2)ccn1. The van der Waals surface area contributed by atoms with Crippen LogP contribution in [0.5, 0.6) is 0 Å². The largest absolute Gasteiger partial charge is 0.476 e. The Balaban J connectivity index is 1.91. The summed E-state index contributed by atoms with van der Waals surface area (Å²) in [4.78, 5) is 25.9. The smallest absolute Gasteiger partial charge is 0.358 e. The Morgan fingerprint density at radius 2 is 2.24 bits per heavy atom. The number of aromatic carboxylic acids is 1. The van der Waals surface area contributed by atoms with E-state index in [-0.39, 0.29) is 11.4 Å². The third-order valence-electron chi connectivity index (χ3n) is 2.58. The number of hydrogen-bond donors (Lipinski definition) is 2. The monoisotopic (exact) mass is 291 g/mol. The molecule has 2 aromatic rings. The van der Waals surface area contributed by atoms with Gasteiger partial charge in [0.1, 0.15) is 5.69 Å². The Bertz CT molecular complexity index is 655. The zero-order chi connectivity index (χ0) is 15.2. The Kier molecular flexibility index (Phi) is 4.44. The minimum atomic E-state index is -1.12. The number of esters is 1. The first-order valence-corrected chi connectivity index (χ1v) is 6.02. The second-order valence-corrected chi connectivity index (χ2v) is 4.02. The summed E-state index contributed by atoms with van der Waals surface area (Å²) in [7, 11) is 1.29. The van der Waals surface area contributed by atoms with Crippen LogP contribution in [-0.2, 0) is 11.3 Å². The van der Waals surface area contributed by atoms with Crippen molar-refractivity contribution < 1.29 is 19.4 Å². The van der Waals surface area contributed by atoms with Crippen LogP contribution in [0.4, 0.5) is 5.69 Å². The van der Waals surface area contributed by atoms with Crippen LogP contribution in [0.25, 0.3) is 0 Å². The van der Waals surface area contributed by atoms with E-state index >= 15 is 0 Å². The highest BCUT2D eigenvalue weighted by molar-refractivity contribution is 5.88. The molecule has 0 atom stereocenters. The average Bonchev–Trinajstić information content (AvgIpc) is 2.96. The number of anilines is 1. The molecule has 0 aliphatic rings. The van der Waals surface area contributed by atoms with Crippen LogP contribution in [0.1, 0.15) is 21.0 Å². The third kappa shape index (κ3) is 3.75. The fraction of sp³-hybridized carbons (Fsp3) is 0.250. The number of carbonyl (C=O) groups excluding carboxylic acids is 1. The van der Waals surface area contributed by atoms with Crippen LogP contribution in [0.2, 0.25) is 0 Å². The standard InChI is InChI=1S/C12H13N5O4/c1-21-12(20)9-6-8(2-3-14-9)13-4-5-17-7-10(11(18)19)15-16-17/h2-3,6-7H,4-5H2,1H3,(H,13,14)(H,18,19). The van der Waals surface area contributed by atoms with Gasteiger partial charge in [0.05, 0.1) is 19.9 Å². The van der Waals surface area contributed by atoms with Crippen molar-refractivity contribution >= 4 is 17.6 Å². The molecule has 2 aromatic heterocycles. The summed E-state index contributed by atoms with van der Waals surface area (Å²) in [6.45, 7) is 0.906. The lowest BCUT2D eigenvalue weighted by Gasteiger charge is -2.07. The fourth-order valence-corrected chi connectivity index (χ4v) is 1.58. The van der Waals surface area contributed by atoms with E-state index in [2.05, 4.69) is 25.3 Å². The molecular formula is C12H13N5O4. The molecule has 0 unspecified atom stereocenters. The van der Waals surface area contributed by atoms with Crippen molar-refractivity contribution in [2.75, 3.05) is 19.0 Å². The molecule has 9 nitrogen and oxygen atoms in total. The molecule has 0 saturated heterocycles. The highest BCUT2D eigenvalue weighted by Crippen LogP contribution is 2.08. The van der Waals surface area contributed by atoms with E-state index in [1.54, 1.807) is 12.1 Å². The van der Waals surface area contributed by atoms with Crippen molar-refractivity contribution in [2.24, 2.45) is 0 Å². The number of carbonyl (C=O) groups is 2. The van der Waals surface area contributed by atoms with Crippen molar-refractivity contribution in [1.82, 2.24) is 20.0 Å². The summed E-state index contributed by atoms with van der Waals surface area (Å²) < 4.78 is 6.00. The second kappa shape index (κ2) is 6.46. The second-order valence-electron chi connectivity index (χ2n) is 4.02. The van der Waals surface area contributed by atoms with E-state index in [9.17, 15) is 9.59 Å². The highest BCUT2D eigenvalue weighted by atomic mass is 16.5. The number of pyridine rings is 1. The normalized spacial score (nSPS) is 10.1. The molecule has 21 heavy (non-hydrogen) atoms. The zero-order valence-corrected chi connectivity index (χ0v) is 11.2. The van der Waals surface area contributed by atoms with Crippen LogP contribution in [0.15, 0.2) is 24.5 Å². The van der Waals surface area contributed by atoms with Gasteiger partial charge in [-0.25, -0.2) is 19.3 Å². The van der Waals surface area contributed by atoms with Gasteiger partial charge in [-0.1, -0.05) is 5.21 Å². The van der Waals surface area contributed by atoms with Gasteiger partial charge in [-0.15, -0.1) is 5.10 Å². The fourth-order valence-electron chi connectivity index (χ4n) is 1.58. The van der Waals surface area contributed by atoms with E-state index in [1.165, 1.54) is 24.2 Å². The summed E-state index contributed by atoms with van der Waals surface area (Å²) in [6.07, 6.45) is 2.84. The molecule has 0 aliphatic carbocycles.